The Kier molecular flexibility index (Phi) is 4.53. The van der Waals surface area contributed by atoms with Gasteiger partial charge in [0.1, 0.15) is 10.8 Å². The van der Waals surface area contributed by atoms with Crippen LogP contribution in [-0.4, -0.2) is 29.4 Å². The molecule has 0 spiro atoms. The average Bonchev–Trinajstić information content (AvgIpc) is 2.19. The van der Waals surface area contributed by atoms with Crippen molar-refractivity contribution >= 4 is 23.1 Å². The molecule has 0 radical (unpaired) electrons. The molecule has 0 heterocycles. The second kappa shape index (κ2) is 5.70. The van der Waals surface area contributed by atoms with Gasteiger partial charge in [0.25, 0.3) is 0 Å². The molecule has 17 heavy (non-hydrogen) atoms. The molecule has 4 nitrogen and oxygen atoms in total. The molecule has 0 unspecified atom stereocenters. The molecule has 6 heteroatoms. The summed E-state index contributed by atoms with van der Waals surface area (Å²) in [6, 6.07) is 4.41. The van der Waals surface area contributed by atoms with Gasteiger partial charge in [0.2, 0.25) is 5.91 Å². The fourth-order valence-electron chi connectivity index (χ4n) is 1.46. The molecule has 92 valence electrons. The SMILES string of the molecule is CN(CC(N)=O)Cc1cc(C(N)=S)ccc1F. The highest BCUT2D eigenvalue weighted by Crippen LogP contribution is 2.12. The molecule has 1 aromatic carbocycles. The van der Waals surface area contributed by atoms with Crippen molar-refractivity contribution in [3.63, 3.8) is 0 Å². The summed E-state index contributed by atoms with van der Waals surface area (Å²) in [5.41, 5.74) is 11.5. The third kappa shape index (κ3) is 4.08. The number of halogens is 1. The standard InChI is InChI=1S/C11H14FN3OS/c1-15(6-10(13)16)5-8-4-7(11(14)17)2-3-9(8)12/h2-4H,5-6H2,1H3,(H2,13,16)(H2,14,17). The molecule has 4 N–H and O–H groups in total. The Labute approximate surface area is 104 Å². The summed E-state index contributed by atoms with van der Waals surface area (Å²) in [5.74, 6) is -0.820. The van der Waals surface area contributed by atoms with Crippen molar-refractivity contribution < 1.29 is 9.18 Å². The number of carbonyl (C=O) groups excluding carboxylic acids is 1. The summed E-state index contributed by atoms with van der Waals surface area (Å²) in [6.45, 7) is 0.335. The van der Waals surface area contributed by atoms with Crippen LogP contribution in [-0.2, 0) is 11.3 Å². The first-order chi connectivity index (χ1) is 7.90. The summed E-state index contributed by atoms with van der Waals surface area (Å²) in [4.78, 5) is 12.5. The van der Waals surface area contributed by atoms with Gasteiger partial charge in [-0.3, -0.25) is 9.69 Å². The van der Waals surface area contributed by atoms with Gasteiger partial charge in [0, 0.05) is 17.7 Å². The highest BCUT2D eigenvalue weighted by molar-refractivity contribution is 7.80. The maximum Gasteiger partial charge on any atom is 0.231 e. The lowest BCUT2D eigenvalue weighted by atomic mass is 10.1. The minimum Gasteiger partial charge on any atom is -0.389 e. The Balaban J connectivity index is 2.86. The minimum atomic E-state index is -0.460. The zero-order valence-electron chi connectivity index (χ0n) is 9.44. The first kappa shape index (κ1) is 13.5. The highest BCUT2D eigenvalue weighted by Gasteiger charge is 2.09. The fourth-order valence-corrected chi connectivity index (χ4v) is 1.59. The molecule has 1 rings (SSSR count). The highest BCUT2D eigenvalue weighted by atomic mass is 32.1. The van der Waals surface area contributed by atoms with Crippen LogP contribution in [0.5, 0.6) is 0 Å². The van der Waals surface area contributed by atoms with Gasteiger partial charge in [-0.1, -0.05) is 12.2 Å². The molecule has 0 aromatic heterocycles. The lowest BCUT2D eigenvalue weighted by Gasteiger charge is -2.15. The Morgan fingerprint density at radius 1 is 1.47 bits per heavy atom. The van der Waals surface area contributed by atoms with E-state index in [0.717, 1.165) is 0 Å². The van der Waals surface area contributed by atoms with Crippen molar-refractivity contribution in [3.8, 4) is 0 Å². The van der Waals surface area contributed by atoms with Crippen LogP contribution in [0.4, 0.5) is 4.39 Å². The Hall–Kier alpha value is -1.53. The molecule has 0 saturated carbocycles. The van der Waals surface area contributed by atoms with E-state index in [1.165, 1.54) is 12.1 Å². The van der Waals surface area contributed by atoms with Gasteiger partial charge in [0.05, 0.1) is 6.54 Å². The summed E-state index contributed by atoms with van der Waals surface area (Å²) < 4.78 is 13.5. The second-order valence-corrected chi connectivity index (χ2v) is 4.25. The number of likely N-dealkylation sites (N-methyl/N-ethyl adjacent to an activating group) is 1. The van der Waals surface area contributed by atoms with Crippen molar-refractivity contribution in [2.45, 2.75) is 6.54 Å². The van der Waals surface area contributed by atoms with Crippen LogP contribution >= 0.6 is 12.2 Å². The number of amides is 1. The van der Waals surface area contributed by atoms with Gasteiger partial charge in [-0.2, -0.15) is 0 Å². The van der Waals surface area contributed by atoms with Gasteiger partial charge in [-0.15, -0.1) is 0 Å². The first-order valence-corrected chi connectivity index (χ1v) is 5.36. The van der Waals surface area contributed by atoms with E-state index in [0.29, 0.717) is 11.1 Å². The molecule has 0 aliphatic rings. The minimum absolute atomic E-state index is 0.0662. The number of rotatable bonds is 5. The number of carbonyl (C=O) groups is 1. The van der Waals surface area contributed by atoms with E-state index in [1.54, 1.807) is 18.0 Å². The molecular weight excluding hydrogens is 241 g/mol. The molecule has 0 aliphatic carbocycles. The van der Waals surface area contributed by atoms with Crippen molar-refractivity contribution in [2.75, 3.05) is 13.6 Å². The summed E-state index contributed by atoms with van der Waals surface area (Å²) in [6.07, 6.45) is 0. The number of thiocarbonyl (C=S) groups is 1. The van der Waals surface area contributed by atoms with Crippen molar-refractivity contribution in [1.29, 1.82) is 0 Å². The molecule has 0 atom stereocenters. The Morgan fingerprint density at radius 2 is 2.12 bits per heavy atom. The van der Waals surface area contributed by atoms with Gasteiger partial charge in [0.15, 0.2) is 0 Å². The topological polar surface area (TPSA) is 72.3 Å². The molecule has 0 bridgehead atoms. The van der Waals surface area contributed by atoms with E-state index in [2.05, 4.69) is 0 Å². The van der Waals surface area contributed by atoms with Crippen LogP contribution in [0.15, 0.2) is 18.2 Å². The Morgan fingerprint density at radius 3 is 2.65 bits per heavy atom. The normalized spacial score (nSPS) is 10.5. The van der Waals surface area contributed by atoms with Crippen molar-refractivity contribution in [3.05, 3.63) is 35.1 Å². The molecule has 0 aliphatic heterocycles. The van der Waals surface area contributed by atoms with Crippen molar-refractivity contribution in [1.82, 2.24) is 4.90 Å². The number of hydrogen-bond acceptors (Lipinski definition) is 3. The van der Waals surface area contributed by atoms with Crippen LogP contribution in [0.1, 0.15) is 11.1 Å². The van der Waals surface area contributed by atoms with E-state index in [9.17, 15) is 9.18 Å². The number of hydrogen-bond donors (Lipinski definition) is 2. The molecule has 0 fully saturated rings. The summed E-state index contributed by atoms with van der Waals surface area (Å²) in [5, 5.41) is 0. The predicted molar refractivity (Wildman–Crippen MR) is 67.8 cm³/mol. The summed E-state index contributed by atoms with van der Waals surface area (Å²) >= 11 is 4.82. The largest absolute Gasteiger partial charge is 0.389 e. The number of nitrogens with two attached hydrogens (primary N) is 2. The maximum atomic E-state index is 13.5. The fraction of sp³-hybridized carbons (Fsp3) is 0.273. The second-order valence-electron chi connectivity index (χ2n) is 3.81. The molecule has 1 amide bonds. The van der Waals surface area contributed by atoms with Crippen LogP contribution in [0, 0.1) is 5.82 Å². The average molecular weight is 255 g/mol. The van der Waals surface area contributed by atoms with Gasteiger partial charge in [-0.25, -0.2) is 4.39 Å². The monoisotopic (exact) mass is 255 g/mol. The van der Waals surface area contributed by atoms with Crippen LogP contribution in [0.2, 0.25) is 0 Å². The smallest absolute Gasteiger partial charge is 0.231 e. The van der Waals surface area contributed by atoms with E-state index >= 15 is 0 Å². The van der Waals surface area contributed by atoms with Gasteiger partial charge in [-0.05, 0) is 25.2 Å². The van der Waals surface area contributed by atoms with E-state index in [-0.39, 0.29) is 23.9 Å². The zero-order chi connectivity index (χ0) is 13.0. The van der Waals surface area contributed by atoms with Crippen molar-refractivity contribution in [2.24, 2.45) is 11.5 Å². The van der Waals surface area contributed by atoms with Crippen LogP contribution < -0.4 is 11.5 Å². The quantitative estimate of drug-likeness (QED) is 0.746. The zero-order valence-corrected chi connectivity index (χ0v) is 10.3. The third-order valence-electron chi connectivity index (χ3n) is 2.20. The lowest BCUT2D eigenvalue weighted by molar-refractivity contribution is -0.118. The summed E-state index contributed by atoms with van der Waals surface area (Å²) in [7, 11) is 1.68. The molecule has 1 aromatic rings. The maximum absolute atomic E-state index is 13.5. The van der Waals surface area contributed by atoms with Gasteiger partial charge >= 0.3 is 0 Å². The first-order valence-electron chi connectivity index (χ1n) is 4.95. The number of benzene rings is 1. The predicted octanol–water partition coefficient (Wildman–Crippen LogP) is 0.377. The molecular formula is C11H14FN3OS. The number of nitrogens with zero attached hydrogens (tertiary/aromatic N) is 1. The van der Waals surface area contributed by atoms with E-state index < -0.39 is 5.91 Å². The lowest BCUT2D eigenvalue weighted by Crippen LogP contribution is -2.30. The molecule has 0 saturated heterocycles. The van der Waals surface area contributed by atoms with Crippen LogP contribution in [0.3, 0.4) is 0 Å². The van der Waals surface area contributed by atoms with E-state index in [1.807, 2.05) is 0 Å². The Bertz CT molecular complexity index is 450. The van der Waals surface area contributed by atoms with Gasteiger partial charge < -0.3 is 11.5 Å². The third-order valence-corrected chi connectivity index (χ3v) is 2.43. The van der Waals surface area contributed by atoms with E-state index in [4.69, 9.17) is 23.7 Å². The van der Waals surface area contributed by atoms with Crippen LogP contribution in [0.25, 0.3) is 0 Å². The number of primary amides is 1.